The minimum Gasteiger partial charge on any atom is -0.306 e. The molecular formula is C19H14F3N3OS. The molecule has 2 aromatic rings. The summed E-state index contributed by atoms with van der Waals surface area (Å²) in [5.41, 5.74) is 0.0878. The van der Waals surface area contributed by atoms with Crippen molar-refractivity contribution in [3.63, 3.8) is 0 Å². The molecule has 1 atom stereocenters. The monoisotopic (exact) mass is 389 g/mol. The van der Waals surface area contributed by atoms with Crippen molar-refractivity contribution in [3.8, 4) is 6.07 Å². The highest BCUT2D eigenvalue weighted by molar-refractivity contribution is 7.81. The lowest BCUT2D eigenvalue weighted by atomic mass is 10.1. The van der Waals surface area contributed by atoms with E-state index in [2.05, 4.69) is 0 Å². The quantitative estimate of drug-likeness (QED) is 0.714. The summed E-state index contributed by atoms with van der Waals surface area (Å²) >= 11 is 5.40. The highest BCUT2D eigenvalue weighted by Gasteiger charge is 2.42. The second kappa shape index (κ2) is 6.67. The van der Waals surface area contributed by atoms with Crippen LogP contribution in [0.5, 0.6) is 0 Å². The van der Waals surface area contributed by atoms with E-state index in [-0.39, 0.29) is 10.8 Å². The molecule has 0 aliphatic carbocycles. The van der Waals surface area contributed by atoms with Gasteiger partial charge in [-0.15, -0.1) is 0 Å². The number of carbonyl (C=O) groups is 1. The summed E-state index contributed by atoms with van der Waals surface area (Å²) in [7, 11) is 0. The van der Waals surface area contributed by atoms with E-state index in [4.69, 9.17) is 17.5 Å². The SMILES string of the molecule is Cc1ccc(N2C(=S)N(c3ccc(C#N)c(C(F)(F)F)c3)C(=O)C2C)cc1. The first-order chi connectivity index (χ1) is 12.6. The number of hydrogen-bond acceptors (Lipinski definition) is 3. The smallest absolute Gasteiger partial charge is 0.306 e. The Kier molecular flexibility index (Phi) is 4.66. The van der Waals surface area contributed by atoms with E-state index >= 15 is 0 Å². The average Bonchev–Trinajstić information content (AvgIpc) is 2.84. The van der Waals surface area contributed by atoms with Gasteiger partial charge in [0.15, 0.2) is 5.11 Å². The lowest BCUT2D eigenvalue weighted by Crippen LogP contribution is -2.33. The van der Waals surface area contributed by atoms with Gasteiger partial charge >= 0.3 is 6.18 Å². The van der Waals surface area contributed by atoms with Crippen molar-refractivity contribution in [3.05, 3.63) is 59.2 Å². The van der Waals surface area contributed by atoms with Crippen LogP contribution >= 0.6 is 12.2 Å². The number of carbonyl (C=O) groups excluding carboxylic acids is 1. The Morgan fingerprint density at radius 1 is 1.11 bits per heavy atom. The molecule has 1 amide bonds. The van der Waals surface area contributed by atoms with Gasteiger partial charge in [0.05, 0.1) is 22.9 Å². The molecule has 8 heteroatoms. The molecule has 1 fully saturated rings. The van der Waals surface area contributed by atoms with Crippen molar-refractivity contribution in [1.82, 2.24) is 0 Å². The van der Waals surface area contributed by atoms with E-state index < -0.39 is 29.3 Å². The van der Waals surface area contributed by atoms with Crippen LogP contribution in [0.3, 0.4) is 0 Å². The van der Waals surface area contributed by atoms with Crippen molar-refractivity contribution in [2.75, 3.05) is 9.80 Å². The van der Waals surface area contributed by atoms with Crippen LogP contribution in [0.15, 0.2) is 42.5 Å². The van der Waals surface area contributed by atoms with E-state index in [1.807, 2.05) is 19.1 Å². The summed E-state index contributed by atoms with van der Waals surface area (Å²) in [6, 6.07) is 11.3. The van der Waals surface area contributed by atoms with E-state index in [0.29, 0.717) is 5.69 Å². The van der Waals surface area contributed by atoms with Gasteiger partial charge in [-0.25, -0.2) is 0 Å². The minimum atomic E-state index is -4.71. The Hall–Kier alpha value is -2.92. The van der Waals surface area contributed by atoms with E-state index in [9.17, 15) is 18.0 Å². The van der Waals surface area contributed by atoms with Gasteiger partial charge in [0, 0.05) is 5.69 Å². The minimum absolute atomic E-state index is 0.0159. The summed E-state index contributed by atoms with van der Waals surface area (Å²) in [6.07, 6.45) is -4.71. The number of amides is 1. The summed E-state index contributed by atoms with van der Waals surface area (Å²) < 4.78 is 39.8. The van der Waals surface area contributed by atoms with Gasteiger partial charge in [-0.2, -0.15) is 18.4 Å². The molecule has 0 radical (unpaired) electrons. The molecule has 138 valence electrons. The highest BCUT2D eigenvalue weighted by atomic mass is 32.1. The Bertz CT molecular complexity index is 964. The number of alkyl halides is 3. The van der Waals surface area contributed by atoms with Crippen molar-refractivity contribution in [1.29, 1.82) is 5.26 Å². The van der Waals surface area contributed by atoms with Gasteiger partial charge in [0.2, 0.25) is 0 Å². The largest absolute Gasteiger partial charge is 0.417 e. The number of nitrogens with zero attached hydrogens (tertiary/aromatic N) is 3. The topological polar surface area (TPSA) is 47.3 Å². The normalized spacial score (nSPS) is 17.4. The predicted molar refractivity (Wildman–Crippen MR) is 99.4 cm³/mol. The van der Waals surface area contributed by atoms with Crippen LogP contribution in [0.1, 0.15) is 23.6 Å². The molecule has 0 N–H and O–H groups in total. The maximum absolute atomic E-state index is 13.3. The standard InChI is InChI=1S/C19H14F3N3OS/c1-11-3-6-14(7-4-11)24-12(2)17(26)25(18(24)27)15-8-5-13(10-23)16(9-15)19(20,21)22/h3-9,12H,1-2H3. The van der Waals surface area contributed by atoms with Gasteiger partial charge in [-0.05, 0) is 56.4 Å². The number of rotatable bonds is 2. The number of benzene rings is 2. The second-order valence-electron chi connectivity index (χ2n) is 6.18. The summed E-state index contributed by atoms with van der Waals surface area (Å²) in [5, 5.41) is 9.02. The lowest BCUT2D eigenvalue weighted by molar-refractivity contribution is -0.137. The van der Waals surface area contributed by atoms with Crippen molar-refractivity contribution < 1.29 is 18.0 Å². The van der Waals surface area contributed by atoms with Gasteiger partial charge in [0.1, 0.15) is 6.04 Å². The van der Waals surface area contributed by atoms with Crippen LogP contribution in [-0.4, -0.2) is 17.1 Å². The highest BCUT2D eigenvalue weighted by Crippen LogP contribution is 2.36. The number of halogens is 3. The Morgan fingerprint density at radius 2 is 1.70 bits per heavy atom. The Morgan fingerprint density at radius 3 is 2.26 bits per heavy atom. The second-order valence-corrected chi connectivity index (χ2v) is 6.54. The van der Waals surface area contributed by atoms with Crippen LogP contribution in [0.25, 0.3) is 0 Å². The average molecular weight is 389 g/mol. The fourth-order valence-corrected chi connectivity index (χ4v) is 3.40. The Balaban J connectivity index is 2.05. The molecule has 1 saturated heterocycles. The molecule has 3 rings (SSSR count). The molecule has 1 aliphatic heterocycles. The van der Waals surface area contributed by atoms with E-state index in [1.54, 1.807) is 24.0 Å². The first-order valence-corrected chi connectivity index (χ1v) is 8.41. The molecule has 1 unspecified atom stereocenters. The third-order valence-electron chi connectivity index (χ3n) is 4.36. The van der Waals surface area contributed by atoms with Crippen molar-refractivity contribution in [2.24, 2.45) is 0 Å². The van der Waals surface area contributed by atoms with Crippen LogP contribution in [0.2, 0.25) is 0 Å². The molecular weight excluding hydrogens is 375 g/mol. The fraction of sp³-hybridized carbons (Fsp3) is 0.211. The number of nitriles is 1. The first-order valence-electron chi connectivity index (χ1n) is 8.00. The number of hydrogen-bond donors (Lipinski definition) is 0. The third-order valence-corrected chi connectivity index (χ3v) is 4.74. The summed E-state index contributed by atoms with van der Waals surface area (Å²) in [6.45, 7) is 3.56. The van der Waals surface area contributed by atoms with Gasteiger partial charge in [-0.1, -0.05) is 17.7 Å². The first kappa shape index (κ1) is 18.9. The Labute approximate surface area is 159 Å². The molecule has 0 saturated carbocycles. The maximum Gasteiger partial charge on any atom is 0.417 e. The number of anilines is 2. The van der Waals surface area contributed by atoms with Gasteiger partial charge in [-0.3, -0.25) is 9.69 Å². The van der Waals surface area contributed by atoms with Gasteiger partial charge < -0.3 is 4.90 Å². The summed E-state index contributed by atoms with van der Waals surface area (Å²) in [5.74, 6) is -0.432. The molecule has 0 bridgehead atoms. The number of aryl methyl sites for hydroxylation is 1. The van der Waals surface area contributed by atoms with Crippen molar-refractivity contribution >= 4 is 34.6 Å². The van der Waals surface area contributed by atoms with Crippen LogP contribution in [0, 0.1) is 18.3 Å². The van der Waals surface area contributed by atoms with Crippen LogP contribution in [0.4, 0.5) is 24.5 Å². The third kappa shape index (κ3) is 3.26. The molecule has 1 heterocycles. The fourth-order valence-electron chi connectivity index (χ4n) is 2.95. The lowest BCUT2D eigenvalue weighted by Gasteiger charge is -2.23. The summed E-state index contributed by atoms with van der Waals surface area (Å²) in [4.78, 5) is 15.4. The molecule has 2 aromatic carbocycles. The van der Waals surface area contributed by atoms with Crippen molar-refractivity contribution in [2.45, 2.75) is 26.1 Å². The van der Waals surface area contributed by atoms with E-state index in [0.717, 1.165) is 22.6 Å². The van der Waals surface area contributed by atoms with Crippen LogP contribution in [-0.2, 0) is 11.0 Å². The molecule has 4 nitrogen and oxygen atoms in total. The molecule has 27 heavy (non-hydrogen) atoms. The van der Waals surface area contributed by atoms with Crippen LogP contribution < -0.4 is 9.80 Å². The zero-order chi connectivity index (χ0) is 19.9. The van der Waals surface area contributed by atoms with Gasteiger partial charge in [0.25, 0.3) is 5.91 Å². The molecule has 0 spiro atoms. The number of thiocarbonyl (C=S) groups is 1. The predicted octanol–water partition coefficient (Wildman–Crippen LogP) is 4.41. The zero-order valence-electron chi connectivity index (χ0n) is 14.4. The molecule has 1 aliphatic rings. The van der Waals surface area contributed by atoms with E-state index in [1.165, 1.54) is 12.1 Å². The zero-order valence-corrected chi connectivity index (χ0v) is 15.2. The maximum atomic E-state index is 13.3. The molecule has 0 aromatic heterocycles.